The molecule has 3 fully saturated rings. The van der Waals surface area contributed by atoms with Crippen molar-refractivity contribution in [3.63, 3.8) is 0 Å². The number of pyridine rings is 1. The maximum atomic E-state index is 14.9. The van der Waals surface area contributed by atoms with Crippen LogP contribution in [0.2, 0.25) is 0 Å². The lowest BCUT2D eigenvalue weighted by Crippen LogP contribution is -2.89. The van der Waals surface area contributed by atoms with Crippen LogP contribution in [0.3, 0.4) is 0 Å². The minimum atomic E-state index is -3.05. The smallest absolute Gasteiger partial charge is 0.340 e. The van der Waals surface area contributed by atoms with E-state index in [4.69, 9.17) is 42.6 Å². The van der Waals surface area contributed by atoms with Gasteiger partial charge in [-0.2, -0.15) is 0 Å². The average molecular weight is 946 g/mol. The zero-order valence-corrected chi connectivity index (χ0v) is 38.3. The number of carbonyl (C=O) groups excluding carboxylic acids is 8. The molecule has 68 heavy (non-hydrogen) atoms. The summed E-state index contributed by atoms with van der Waals surface area (Å²) in [6.07, 6.45) is -10.6. The van der Waals surface area contributed by atoms with Gasteiger partial charge in [-0.25, -0.2) is 19.2 Å². The quantitative estimate of drug-likeness (QED) is 0.230. The lowest BCUT2D eigenvalue weighted by atomic mass is 9.45. The zero-order chi connectivity index (χ0) is 49.7. The molecule has 2 aliphatic carbocycles. The number of benzene rings is 2. The van der Waals surface area contributed by atoms with Crippen LogP contribution in [0.25, 0.3) is 0 Å². The molecule has 4 bridgehead atoms. The SMILES string of the molecule is CC(=O)OC[C@]12[C@H](OC(C)=O)[C@H](OC(C)=O)[C@@H]3[C@@H](OC(=O)c4ccccc4)[C@@]14O[C@@]3(C)COC(=O)c1cnccc1C(C)C(C)(O)C(=O)O[C@@H]([C@H](OC(=O)c1ccccc1)[C@@H]2OC(C)=O)[C@]4(C)O. The van der Waals surface area contributed by atoms with E-state index in [0.717, 1.165) is 47.7 Å². The molecule has 0 radical (unpaired) electrons. The molecular formula is C48H51NO19. The fourth-order valence-corrected chi connectivity index (χ4v) is 10.4. The number of nitrogens with zero attached hydrogens (tertiary/aromatic N) is 1. The van der Waals surface area contributed by atoms with Crippen molar-refractivity contribution in [2.45, 2.75) is 120 Å². The first-order valence-corrected chi connectivity index (χ1v) is 21.6. The summed E-state index contributed by atoms with van der Waals surface area (Å²) in [4.78, 5) is 116. The molecule has 1 spiro atoms. The lowest BCUT2D eigenvalue weighted by molar-refractivity contribution is -0.385. The summed E-state index contributed by atoms with van der Waals surface area (Å²) in [5.41, 5.74) is -13.9. The van der Waals surface area contributed by atoms with Crippen LogP contribution in [0.4, 0.5) is 0 Å². The topological polar surface area (TPSA) is 273 Å². The summed E-state index contributed by atoms with van der Waals surface area (Å²) in [5, 5.41) is 26.2. The van der Waals surface area contributed by atoms with Crippen molar-refractivity contribution in [3.05, 3.63) is 101 Å². The van der Waals surface area contributed by atoms with Gasteiger partial charge in [0.15, 0.2) is 35.6 Å². The summed E-state index contributed by atoms with van der Waals surface area (Å²) in [5.74, 6) is -12.2. The standard InChI is InChI=1S/C48H51NO19/c1-24-31-19-20-49-21-32(31)42(56)61-22-44(6)33-34(62-26(3)51)38(63-27(4)52)47(23-60-25(2)50)39(64-28(5)53)35(65-40(54)29-15-11-9-12-16-29)37(67-43(57)45(24,7)58)46(8,59)48(47,68-44)36(33)66-41(55)30-17-13-10-14-18-30/h9-21,24,33-39,58-59H,22-23H2,1-8H3/t24?,33-,34-,35+,36-,37+,38-,39+,44+,45?,46+,47-,48+/m1/s1. The second-order valence-corrected chi connectivity index (χ2v) is 17.9. The van der Waals surface area contributed by atoms with E-state index in [1.165, 1.54) is 74.6 Å². The summed E-state index contributed by atoms with van der Waals surface area (Å²) >= 11 is 0. The third-order valence-corrected chi connectivity index (χ3v) is 13.5. The molecular weight excluding hydrogens is 895 g/mol. The van der Waals surface area contributed by atoms with E-state index in [0.29, 0.717) is 0 Å². The first kappa shape index (κ1) is 49.1. The minimum absolute atomic E-state index is 0.0414. The molecule has 362 valence electrons. The molecule has 2 aliphatic heterocycles. The fraction of sp³-hybridized carbons (Fsp3) is 0.479. The van der Waals surface area contributed by atoms with Gasteiger partial charge in [-0.05, 0) is 56.7 Å². The predicted molar refractivity (Wildman–Crippen MR) is 227 cm³/mol. The highest BCUT2D eigenvalue weighted by atomic mass is 16.7. The van der Waals surface area contributed by atoms with Gasteiger partial charge in [0.2, 0.25) is 0 Å². The van der Waals surface area contributed by atoms with Crippen molar-refractivity contribution >= 4 is 47.8 Å². The molecule has 3 heterocycles. The molecule has 20 heteroatoms. The van der Waals surface area contributed by atoms with Crippen molar-refractivity contribution in [3.8, 4) is 0 Å². The maximum absolute atomic E-state index is 14.9. The van der Waals surface area contributed by atoms with Crippen LogP contribution in [0.15, 0.2) is 79.1 Å². The van der Waals surface area contributed by atoms with Crippen molar-refractivity contribution in [1.29, 1.82) is 0 Å². The van der Waals surface area contributed by atoms with Crippen LogP contribution < -0.4 is 0 Å². The van der Waals surface area contributed by atoms with Crippen LogP contribution in [0.1, 0.15) is 97.9 Å². The van der Waals surface area contributed by atoms with Gasteiger partial charge in [-0.3, -0.25) is 24.2 Å². The number of fused-ring (bicyclic) bond motifs is 5. The molecule has 2 unspecified atom stereocenters. The maximum Gasteiger partial charge on any atom is 0.340 e. The van der Waals surface area contributed by atoms with E-state index in [9.17, 15) is 48.6 Å². The molecule has 20 nitrogen and oxygen atoms in total. The predicted octanol–water partition coefficient (Wildman–Crippen LogP) is 2.74. The van der Waals surface area contributed by atoms with Gasteiger partial charge >= 0.3 is 47.8 Å². The molecule has 0 amide bonds. The Hall–Kier alpha value is -6.77. The number of ether oxygens (including phenoxy) is 9. The molecule has 2 N–H and O–H groups in total. The Labute approximate surface area is 389 Å². The highest BCUT2D eigenvalue weighted by Gasteiger charge is 2.92. The van der Waals surface area contributed by atoms with Crippen molar-refractivity contribution in [2.24, 2.45) is 11.3 Å². The van der Waals surface area contributed by atoms with Crippen LogP contribution >= 0.6 is 0 Å². The molecule has 2 saturated carbocycles. The summed E-state index contributed by atoms with van der Waals surface area (Å²) in [7, 11) is 0. The number of esters is 8. The third-order valence-electron chi connectivity index (χ3n) is 13.5. The van der Waals surface area contributed by atoms with Crippen LogP contribution in [-0.4, -0.2) is 135 Å². The van der Waals surface area contributed by atoms with E-state index >= 15 is 0 Å². The van der Waals surface area contributed by atoms with Gasteiger partial charge in [-0.1, -0.05) is 43.3 Å². The first-order valence-electron chi connectivity index (χ1n) is 21.6. The summed E-state index contributed by atoms with van der Waals surface area (Å²) in [6, 6.07) is 16.1. The highest BCUT2D eigenvalue weighted by molar-refractivity contribution is 5.92. The molecule has 1 aromatic heterocycles. The second-order valence-electron chi connectivity index (χ2n) is 17.9. The molecule has 1 saturated heterocycles. The Morgan fingerprint density at radius 3 is 1.79 bits per heavy atom. The number of carbonyl (C=O) groups is 8. The van der Waals surface area contributed by atoms with Gasteiger partial charge in [0.1, 0.15) is 42.0 Å². The van der Waals surface area contributed by atoms with E-state index in [-0.39, 0.29) is 22.3 Å². The van der Waals surface area contributed by atoms with Crippen molar-refractivity contribution in [1.82, 2.24) is 4.98 Å². The monoisotopic (exact) mass is 945 g/mol. The van der Waals surface area contributed by atoms with Crippen LogP contribution in [0, 0.1) is 11.3 Å². The summed E-state index contributed by atoms with van der Waals surface area (Å²) < 4.78 is 56.1. The Kier molecular flexibility index (Phi) is 13.0. The van der Waals surface area contributed by atoms with E-state index < -0.39 is 137 Å². The number of aliphatic hydroxyl groups is 2. The Bertz CT molecular complexity index is 2510. The zero-order valence-electron chi connectivity index (χ0n) is 38.3. The van der Waals surface area contributed by atoms with E-state index in [1.54, 1.807) is 12.1 Å². The number of hydrogen-bond acceptors (Lipinski definition) is 20. The fourth-order valence-electron chi connectivity index (χ4n) is 10.4. The second kappa shape index (κ2) is 18.0. The average Bonchev–Trinajstić information content (AvgIpc) is 3.51. The van der Waals surface area contributed by atoms with Gasteiger partial charge in [0.25, 0.3) is 0 Å². The van der Waals surface area contributed by atoms with E-state index in [2.05, 4.69) is 4.98 Å². The molecule has 2 aromatic carbocycles. The largest absolute Gasteiger partial charge is 0.465 e. The van der Waals surface area contributed by atoms with Crippen molar-refractivity contribution in [2.75, 3.05) is 13.2 Å². The normalized spacial score (nSPS) is 34.9. The van der Waals surface area contributed by atoms with Crippen LogP contribution in [-0.2, 0) is 66.6 Å². The first-order chi connectivity index (χ1) is 31.9. The van der Waals surface area contributed by atoms with Gasteiger partial charge < -0.3 is 52.8 Å². The molecule has 13 atom stereocenters. The number of aromatic nitrogens is 1. The highest BCUT2D eigenvalue weighted by Crippen LogP contribution is 2.70. The van der Waals surface area contributed by atoms with Gasteiger partial charge in [0.05, 0.1) is 22.6 Å². The van der Waals surface area contributed by atoms with Gasteiger partial charge in [-0.15, -0.1) is 0 Å². The number of hydrogen-bond donors (Lipinski definition) is 2. The Morgan fingerprint density at radius 2 is 1.25 bits per heavy atom. The number of rotatable bonds is 9. The lowest BCUT2D eigenvalue weighted by Gasteiger charge is -2.67. The van der Waals surface area contributed by atoms with Gasteiger partial charge in [0, 0.05) is 46.0 Å². The number of cyclic esters (lactones) is 1. The molecule has 7 rings (SSSR count). The van der Waals surface area contributed by atoms with Crippen molar-refractivity contribution < 1.29 is 91.2 Å². The molecule has 3 aromatic rings. The molecule has 4 aliphatic rings. The summed E-state index contributed by atoms with van der Waals surface area (Å²) in [6.45, 7) is 6.70. The Balaban J connectivity index is 1.66. The minimum Gasteiger partial charge on any atom is -0.465 e. The third kappa shape index (κ3) is 8.02. The Morgan fingerprint density at radius 1 is 0.706 bits per heavy atom. The van der Waals surface area contributed by atoms with E-state index in [1.807, 2.05) is 0 Å². The van der Waals surface area contributed by atoms with Crippen LogP contribution in [0.5, 0.6) is 0 Å².